The third kappa shape index (κ3) is 4.51. The van der Waals surface area contributed by atoms with Gasteiger partial charge in [0.2, 0.25) is 5.95 Å². The second-order valence-corrected chi connectivity index (χ2v) is 10.7. The molecule has 198 valence electrons. The van der Waals surface area contributed by atoms with Gasteiger partial charge in [-0.1, -0.05) is 17.7 Å². The van der Waals surface area contributed by atoms with Crippen LogP contribution in [-0.4, -0.2) is 49.4 Å². The summed E-state index contributed by atoms with van der Waals surface area (Å²) in [5.74, 6) is -2.85. The summed E-state index contributed by atoms with van der Waals surface area (Å²) in [6.07, 6.45) is 3.74. The number of nitrogens with zero attached hydrogens (tertiary/aromatic N) is 5. The van der Waals surface area contributed by atoms with Crippen molar-refractivity contribution in [2.75, 3.05) is 23.3 Å². The van der Waals surface area contributed by atoms with Crippen LogP contribution in [-0.2, 0) is 0 Å². The molecule has 1 atom stereocenters. The van der Waals surface area contributed by atoms with Crippen molar-refractivity contribution in [2.24, 2.45) is 0 Å². The summed E-state index contributed by atoms with van der Waals surface area (Å²) in [6.45, 7) is 4.31. The van der Waals surface area contributed by atoms with E-state index in [1.807, 2.05) is 41.5 Å². The molecule has 2 aliphatic rings. The van der Waals surface area contributed by atoms with E-state index in [-0.39, 0.29) is 42.8 Å². The van der Waals surface area contributed by atoms with E-state index in [1.54, 1.807) is 6.07 Å². The van der Waals surface area contributed by atoms with Crippen LogP contribution in [0.2, 0.25) is 5.15 Å². The van der Waals surface area contributed by atoms with Gasteiger partial charge in [-0.25, -0.2) is 28.5 Å². The topological polar surface area (TPSA) is 95.6 Å². The normalized spacial score (nSPS) is 18.2. The van der Waals surface area contributed by atoms with Crippen molar-refractivity contribution >= 4 is 45.8 Å². The van der Waals surface area contributed by atoms with E-state index >= 15 is 0 Å². The number of benzene rings is 1. The van der Waals surface area contributed by atoms with Crippen LogP contribution < -0.4 is 10.2 Å². The zero-order valence-corrected chi connectivity index (χ0v) is 21.8. The Morgan fingerprint density at radius 1 is 1.18 bits per heavy atom. The minimum atomic E-state index is -2.67. The molecule has 6 rings (SSSR count). The molecule has 3 aromatic heterocycles. The van der Waals surface area contributed by atoms with Crippen LogP contribution in [0.3, 0.4) is 0 Å². The van der Waals surface area contributed by atoms with Crippen molar-refractivity contribution in [3.8, 4) is 0 Å². The molecular weight excluding hydrogens is 514 g/mol. The number of piperidine rings is 1. The Morgan fingerprint density at radius 3 is 2.61 bits per heavy atom. The molecule has 4 aromatic rings. The first-order chi connectivity index (χ1) is 18.1. The fourth-order valence-corrected chi connectivity index (χ4v) is 5.33. The minimum absolute atomic E-state index is 0.0909. The minimum Gasteiger partial charge on any atom is -0.476 e. The second-order valence-electron chi connectivity index (χ2n) is 10.3. The SMILES string of the molecule is Cc1cc(C(C)Nc2ccc(Cl)nc2C(=O)O)c2nc(N3CCC(F)(F)CC3)n3cc(C4CC4)nc3c2c1. The molecule has 4 heterocycles. The standard InChI is InChI=1S/C27H27ClF2N6O2/c1-14-11-17(15(2)31-19-5-6-21(28)33-23(19)25(37)38)22-18(12-14)24-32-20(16-3-4-16)13-36(24)26(34-22)35-9-7-27(29,30)8-10-35/h5-6,11-13,15-16,31H,3-4,7-10H2,1-2H3,(H,37,38). The number of alkyl halides is 2. The Labute approximate surface area is 222 Å². The fraction of sp³-hybridized carbons (Fsp3) is 0.407. The lowest BCUT2D eigenvalue weighted by Crippen LogP contribution is -2.40. The van der Waals surface area contributed by atoms with Gasteiger partial charge in [0.05, 0.1) is 22.9 Å². The number of carboxylic acid groups (broad SMARTS) is 1. The molecule has 38 heavy (non-hydrogen) atoms. The van der Waals surface area contributed by atoms with Gasteiger partial charge in [-0.15, -0.1) is 0 Å². The first-order valence-corrected chi connectivity index (χ1v) is 13.1. The Balaban J connectivity index is 1.49. The monoisotopic (exact) mass is 540 g/mol. The van der Waals surface area contributed by atoms with Gasteiger partial charge in [0, 0.05) is 49.0 Å². The van der Waals surface area contributed by atoms with Gasteiger partial charge in [0.25, 0.3) is 5.92 Å². The van der Waals surface area contributed by atoms with Gasteiger partial charge < -0.3 is 15.3 Å². The molecule has 8 nitrogen and oxygen atoms in total. The zero-order valence-electron chi connectivity index (χ0n) is 21.0. The molecule has 11 heteroatoms. The van der Waals surface area contributed by atoms with E-state index < -0.39 is 11.9 Å². The number of aromatic nitrogens is 4. The van der Waals surface area contributed by atoms with Gasteiger partial charge in [0.15, 0.2) is 5.69 Å². The number of carbonyl (C=O) groups is 1. The first-order valence-electron chi connectivity index (χ1n) is 12.7. The molecule has 0 bridgehead atoms. The summed E-state index contributed by atoms with van der Waals surface area (Å²) in [7, 11) is 0. The summed E-state index contributed by atoms with van der Waals surface area (Å²) in [5.41, 5.74) is 4.44. The number of carboxylic acids is 1. The predicted molar refractivity (Wildman–Crippen MR) is 142 cm³/mol. The number of hydrogen-bond acceptors (Lipinski definition) is 6. The van der Waals surface area contributed by atoms with E-state index in [2.05, 4.69) is 10.3 Å². The largest absolute Gasteiger partial charge is 0.476 e. The van der Waals surface area contributed by atoms with Crippen LogP contribution in [0, 0.1) is 6.92 Å². The smallest absolute Gasteiger partial charge is 0.356 e. The average molecular weight is 541 g/mol. The van der Waals surface area contributed by atoms with Gasteiger partial charge in [-0.05, 0) is 50.5 Å². The van der Waals surface area contributed by atoms with Crippen LogP contribution in [0.25, 0.3) is 16.6 Å². The van der Waals surface area contributed by atoms with Crippen molar-refractivity contribution in [1.82, 2.24) is 19.4 Å². The lowest BCUT2D eigenvalue weighted by atomic mass is 10.0. The average Bonchev–Trinajstić information content (AvgIpc) is 3.62. The third-order valence-electron chi connectivity index (χ3n) is 7.35. The number of imidazole rings is 1. The van der Waals surface area contributed by atoms with Crippen LogP contribution >= 0.6 is 11.6 Å². The number of nitrogens with one attached hydrogen (secondary N) is 1. The number of aryl methyl sites for hydroxylation is 1. The summed E-state index contributed by atoms with van der Waals surface area (Å²) >= 11 is 5.93. The number of halogens is 3. The quantitative estimate of drug-likeness (QED) is 0.280. The molecule has 1 unspecified atom stereocenters. The highest BCUT2D eigenvalue weighted by Crippen LogP contribution is 2.41. The van der Waals surface area contributed by atoms with E-state index in [1.165, 1.54) is 6.07 Å². The molecule has 1 aliphatic heterocycles. The maximum absolute atomic E-state index is 14.0. The molecule has 2 fully saturated rings. The molecular formula is C27H27ClF2N6O2. The number of anilines is 2. The van der Waals surface area contributed by atoms with Crippen molar-refractivity contribution in [3.05, 3.63) is 58.1 Å². The first kappa shape index (κ1) is 24.8. The number of pyridine rings is 1. The molecule has 1 aliphatic carbocycles. The van der Waals surface area contributed by atoms with E-state index in [9.17, 15) is 18.7 Å². The molecule has 0 amide bonds. The molecule has 2 N–H and O–H groups in total. The zero-order chi connectivity index (χ0) is 26.8. The Hall–Kier alpha value is -3.53. The van der Waals surface area contributed by atoms with Gasteiger partial charge in [0.1, 0.15) is 10.8 Å². The lowest BCUT2D eigenvalue weighted by Gasteiger charge is -2.33. The number of fused-ring (bicyclic) bond motifs is 3. The molecule has 0 radical (unpaired) electrons. The van der Waals surface area contributed by atoms with Crippen molar-refractivity contribution < 1.29 is 18.7 Å². The predicted octanol–water partition coefficient (Wildman–Crippen LogP) is 6.22. The maximum atomic E-state index is 14.0. The molecule has 0 spiro atoms. The van der Waals surface area contributed by atoms with E-state index in [4.69, 9.17) is 21.6 Å². The van der Waals surface area contributed by atoms with Crippen LogP contribution in [0.4, 0.5) is 20.4 Å². The van der Waals surface area contributed by atoms with Crippen molar-refractivity contribution in [1.29, 1.82) is 0 Å². The summed E-state index contributed by atoms with van der Waals surface area (Å²) < 4.78 is 29.9. The summed E-state index contributed by atoms with van der Waals surface area (Å²) in [5, 5.41) is 13.8. The molecule has 1 aromatic carbocycles. The fourth-order valence-electron chi connectivity index (χ4n) is 5.19. The number of hydrogen-bond donors (Lipinski definition) is 2. The highest BCUT2D eigenvalue weighted by atomic mass is 35.5. The Kier molecular flexibility index (Phi) is 5.90. The molecule has 1 saturated heterocycles. The van der Waals surface area contributed by atoms with Gasteiger partial charge in [-0.3, -0.25) is 4.40 Å². The van der Waals surface area contributed by atoms with Gasteiger partial charge in [-0.2, -0.15) is 0 Å². The lowest BCUT2D eigenvalue weighted by molar-refractivity contribution is -0.0222. The Morgan fingerprint density at radius 2 is 1.92 bits per heavy atom. The van der Waals surface area contributed by atoms with Crippen LogP contribution in [0.1, 0.15) is 71.9 Å². The molecule has 1 saturated carbocycles. The van der Waals surface area contributed by atoms with Crippen molar-refractivity contribution in [2.45, 2.75) is 57.4 Å². The van der Waals surface area contributed by atoms with Gasteiger partial charge >= 0.3 is 5.97 Å². The maximum Gasteiger partial charge on any atom is 0.356 e. The highest BCUT2D eigenvalue weighted by Gasteiger charge is 2.36. The summed E-state index contributed by atoms with van der Waals surface area (Å²) in [6, 6.07) is 6.82. The van der Waals surface area contributed by atoms with Crippen molar-refractivity contribution in [3.63, 3.8) is 0 Å². The summed E-state index contributed by atoms with van der Waals surface area (Å²) in [4.78, 5) is 27.7. The van der Waals surface area contributed by atoms with E-state index in [0.717, 1.165) is 40.7 Å². The second kappa shape index (κ2) is 9.04. The number of aromatic carboxylic acids is 1. The Bertz CT molecular complexity index is 1580. The van der Waals surface area contributed by atoms with Crippen LogP contribution in [0.5, 0.6) is 0 Å². The van der Waals surface area contributed by atoms with Crippen LogP contribution in [0.15, 0.2) is 30.5 Å². The highest BCUT2D eigenvalue weighted by molar-refractivity contribution is 6.29. The number of rotatable bonds is 6. The van der Waals surface area contributed by atoms with E-state index in [0.29, 0.717) is 23.1 Å². The third-order valence-corrected chi connectivity index (χ3v) is 7.56.